The van der Waals surface area contributed by atoms with Gasteiger partial charge in [0.05, 0.1) is 29.9 Å². The SMILES string of the molecule is CCCCOC(=O)c1ccc(Nc2cc(C)nc3ccc(C(=O)OCC)cc23)cc1.Cl. The average Bonchev–Trinajstić information content (AvgIpc) is 2.74. The molecule has 0 aliphatic heterocycles. The molecule has 7 heteroatoms. The lowest BCUT2D eigenvalue weighted by molar-refractivity contribution is 0.0497. The Morgan fingerprint density at radius 3 is 2.29 bits per heavy atom. The molecule has 0 aliphatic carbocycles. The Balaban J connectivity index is 0.00000341. The van der Waals surface area contributed by atoms with Crippen LogP contribution < -0.4 is 5.32 Å². The van der Waals surface area contributed by atoms with E-state index in [4.69, 9.17) is 9.47 Å². The Bertz CT molecular complexity index is 1050. The fourth-order valence-corrected chi connectivity index (χ4v) is 3.04. The van der Waals surface area contributed by atoms with Crippen LogP contribution in [0.3, 0.4) is 0 Å². The third kappa shape index (κ3) is 6.18. The molecule has 1 aromatic heterocycles. The molecule has 0 saturated heterocycles. The van der Waals surface area contributed by atoms with Crippen molar-refractivity contribution in [2.45, 2.75) is 33.6 Å². The van der Waals surface area contributed by atoms with E-state index < -0.39 is 0 Å². The average molecular weight is 443 g/mol. The van der Waals surface area contributed by atoms with E-state index in [9.17, 15) is 9.59 Å². The van der Waals surface area contributed by atoms with Gasteiger partial charge in [-0.2, -0.15) is 0 Å². The number of benzene rings is 2. The lowest BCUT2D eigenvalue weighted by Gasteiger charge is -2.12. The molecule has 0 bridgehead atoms. The predicted molar refractivity (Wildman–Crippen MR) is 125 cm³/mol. The van der Waals surface area contributed by atoms with Gasteiger partial charge in [0.1, 0.15) is 0 Å². The zero-order valence-electron chi connectivity index (χ0n) is 17.9. The number of ether oxygens (including phenoxy) is 2. The van der Waals surface area contributed by atoms with Crippen molar-refractivity contribution in [3.63, 3.8) is 0 Å². The summed E-state index contributed by atoms with van der Waals surface area (Å²) in [4.78, 5) is 28.7. The van der Waals surface area contributed by atoms with Crippen molar-refractivity contribution in [3.8, 4) is 0 Å². The third-order valence-corrected chi connectivity index (χ3v) is 4.58. The number of pyridine rings is 1. The molecular weight excluding hydrogens is 416 g/mol. The van der Waals surface area contributed by atoms with E-state index >= 15 is 0 Å². The van der Waals surface area contributed by atoms with Gasteiger partial charge in [0.15, 0.2) is 0 Å². The van der Waals surface area contributed by atoms with Crippen molar-refractivity contribution >= 4 is 46.6 Å². The summed E-state index contributed by atoms with van der Waals surface area (Å²) in [5, 5.41) is 4.17. The number of nitrogens with zero attached hydrogens (tertiary/aromatic N) is 1. The lowest BCUT2D eigenvalue weighted by Crippen LogP contribution is -2.06. The quantitative estimate of drug-likeness (QED) is 0.348. The normalized spacial score (nSPS) is 10.3. The highest BCUT2D eigenvalue weighted by atomic mass is 35.5. The summed E-state index contributed by atoms with van der Waals surface area (Å²) in [6.07, 6.45) is 1.83. The summed E-state index contributed by atoms with van der Waals surface area (Å²) in [5.74, 6) is -0.684. The first-order valence-corrected chi connectivity index (χ1v) is 10.1. The van der Waals surface area contributed by atoms with Gasteiger partial charge < -0.3 is 14.8 Å². The van der Waals surface area contributed by atoms with Gasteiger partial charge in [-0.3, -0.25) is 4.98 Å². The van der Waals surface area contributed by atoms with E-state index in [2.05, 4.69) is 17.2 Å². The molecule has 0 amide bonds. The molecule has 0 aliphatic rings. The standard InChI is InChI=1S/C24H26N2O4.ClH/c1-4-6-13-30-23(27)17-7-10-19(11-8-17)26-22-14-16(3)25-21-12-9-18(15-20(21)22)24(28)29-5-2;/h7-12,14-15H,4-6,13H2,1-3H3,(H,25,26);1H. The topological polar surface area (TPSA) is 77.5 Å². The van der Waals surface area contributed by atoms with Gasteiger partial charge in [-0.15, -0.1) is 12.4 Å². The van der Waals surface area contributed by atoms with Crippen molar-refractivity contribution in [1.29, 1.82) is 0 Å². The van der Waals surface area contributed by atoms with Crippen LogP contribution in [0, 0.1) is 6.92 Å². The molecule has 1 heterocycles. The minimum Gasteiger partial charge on any atom is -0.462 e. The molecule has 3 aromatic rings. The zero-order valence-corrected chi connectivity index (χ0v) is 18.8. The summed E-state index contributed by atoms with van der Waals surface area (Å²) < 4.78 is 10.3. The van der Waals surface area contributed by atoms with Gasteiger partial charge in [0.25, 0.3) is 0 Å². The first-order chi connectivity index (χ1) is 14.5. The molecule has 6 nitrogen and oxygen atoms in total. The minimum atomic E-state index is -0.364. The van der Waals surface area contributed by atoms with Crippen molar-refractivity contribution in [2.75, 3.05) is 18.5 Å². The van der Waals surface area contributed by atoms with Crippen molar-refractivity contribution in [2.24, 2.45) is 0 Å². The molecule has 0 unspecified atom stereocenters. The van der Waals surface area contributed by atoms with E-state index in [0.29, 0.717) is 24.3 Å². The van der Waals surface area contributed by atoms with E-state index in [1.54, 1.807) is 31.2 Å². The van der Waals surface area contributed by atoms with E-state index in [0.717, 1.165) is 40.8 Å². The Morgan fingerprint density at radius 1 is 0.935 bits per heavy atom. The Labute approximate surface area is 188 Å². The van der Waals surface area contributed by atoms with E-state index in [1.165, 1.54) is 0 Å². The number of anilines is 2. The van der Waals surface area contributed by atoms with Crippen LogP contribution >= 0.6 is 12.4 Å². The maximum absolute atomic E-state index is 12.1. The number of hydrogen-bond acceptors (Lipinski definition) is 6. The molecule has 0 saturated carbocycles. The van der Waals surface area contributed by atoms with Gasteiger partial charge in [-0.1, -0.05) is 13.3 Å². The fourth-order valence-electron chi connectivity index (χ4n) is 3.04. The highest BCUT2D eigenvalue weighted by Gasteiger charge is 2.12. The molecule has 0 radical (unpaired) electrons. The maximum Gasteiger partial charge on any atom is 0.338 e. The number of rotatable bonds is 8. The molecule has 0 fully saturated rings. The zero-order chi connectivity index (χ0) is 21.5. The smallest absolute Gasteiger partial charge is 0.338 e. The molecule has 3 rings (SSSR count). The van der Waals surface area contributed by atoms with Gasteiger partial charge in [-0.25, -0.2) is 9.59 Å². The fraction of sp³-hybridized carbons (Fsp3) is 0.292. The molecule has 31 heavy (non-hydrogen) atoms. The molecule has 2 aromatic carbocycles. The summed E-state index contributed by atoms with van der Waals surface area (Å²) in [7, 11) is 0. The van der Waals surface area contributed by atoms with Gasteiger partial charge in [0, 0.05) is 22.5 Å². The molecular formula is C24H27ClN2O4. The predicted octanol–water partition coefficient (Wildman–Crippen LogP) is 5.84. The van der Waals surface area contributed by atoms with Crippen LogP contribution in [-0.4, -0.2) is 30.1 Å². The maximum atomic E-state index is 12.1. The largest absolute Gasteiger partial charge is 0.462 e. The van der Waals surface area contributed by atoms with Crippen molar-refractivity contribution in [1.82, 2.24) is 4.98 Å². The number of fused-ring (bicyclic) bond motifs is 1. The number of aryl methyl sites for hydroxylation is 1. The number of unbranched alkanes of at least 4 members (excludes halogenated alkanes) is 1. The second-order valence-electron chi connectivity index (χ2n) is 6.96. The van der Waals surface area contributed by atoms with Crippen LogP contribution in [0.25, 0.3) is 10.9 Å². The highest BCUT2D eigenvalue weighted by molar-refractivity contribution is 6.00. The van der Waals surface area contributed by atoms with Crippen LogP contribution in [0.15, 0.2) is 48.5 Å². The first-order valence-electron chi connectivity index (χ1n) is 10.1. The second-order valence-corrected chi connectivity index (χ2v) is 6.96. The van der Waals surface area contributed by atoms with Crippen molar-refractivity contribution in [3.05, 3.63) is 65.4 Å². The van der Waals surface area contributed by atoms with Crippen LogP contribution in [-0.2, 0) is 9.47 Å². The highest BCUT2D eigenvalue weighted by Crippen LogP contribution is 2.28. The van der Waals surface area contributed by atoms with Gasteiger partial charge in [-0.05, 0) is 68.8 Å². The van der Waals surface area contributed by atoms with Crippen LogP contribution in [0.5, 0.6) is 0 Å². The van der Waals surface area contributed by atoms with E-state index in [-0.39, 0.29) is 24.3 Å². The molecule has 164 valence electrons. The van der Waals surface area contributed by atoms with Crippen LogP contribution in [0.1, 0.15) is 53.1 Å². The monoisotopic (exact) mass is 442 g/mol. The number of carbonyl (C=O) groups excluding carboxylic acids is 2. The number of halogens is 1. The number of hydrogen-bond donors (Lipinski definition) is 1. The van der Waals surface area contributed by atoms with Crippen LogP contribution in [0.4, 0.5) is 11.4 Å². The minimum absolute atomic E-state index is 0. The third-order valence-electron chi connectivity index (χ3n) is 4.58. The number of esters is 2. The summed E-state index contributed by atoms with van der Waals surface area (Å²) in [6.45, 7) is 6.50. The van der Waals surface area contributed by atoms with E-state index in [1.807, 2.05) is 31.2 Å². The summed E-state index contributed by atoms with van der Waals surface area (Å²) >= 11 is 0. The Hall–Kier alpha value is -3.12. The number of carbonyl (C=O) groups is 2. The summed E-state index contributed by atoms with van der Waals surface area (Å²) in [5.41, 5.74) is 4.25. The number of aromatic nitrogens is 1. The van der Waals surface area contributed by atoms with Gasteiger partial charge >= 0.3 is 11.9 Å². The van der Waals surface area contributed by atoms with Crippen LogP contribution in [0.2, 0.25) is 0 Å². The Kier molecular flexibility index (Phi) is 8.82. The molecule has 0 atom stereocenters. The summed E-state index contributed by atoms with van der Waals surface area (Å²) in [6, 6.07) is 14.4. The Morgan fingerprint density at radius 2 is 1.61 bits per heavy atom. The van der Waals surface area contributed by atoms with Gasteiger partial charge in [0.2, 0.25) is 0 Å². The molecule has 0 spiro atoms. The lowest BCUT2D eigenvalue weighted by atomic mass is 10.1. The first kappa shape index (κ1) is 24.2. The van der Waals surface area contributed by atoms with Crippen molar-refractivity contribution < 1.29 is 19.1 Å². The second kappa shape index (κ2) is 11.3. The molecule has 1 N–H and O–H groups in total. The number of nitrogens with one attached hydrogen (secondary N) is 1.